The minimum Gasteiger partial charge on any atom is -0.358 e. The van der Waals surface area contributed by atoms with Gasteiger partial charge in [0.2, 0.25) is 0 Å². The van der Waals surface area contributed by atoms with E-state index in [0.29, 0.717) is 15.7 Å². The zero-order valence-electron chi connectivity index (χ0n) is 11.5. The predicted octanol–water partition coefficient (Wildman–Crippen LogP) is 5.50. The van der Waals surface area contributed by atoms with Gasteiger partial charge in [-0.05, 0) is 42.0 Å². The topological polar surface area (TPSA) is 24.1 Å². The summed E-state index contributed by atoms with van der Waals surface area (Å²) in [4.78, 5) is 0. The van der Waals surface area contributed by atoms with Gasteiger partial charge in [-0.3, -0.25) is 0 Å². The Balaban J connectivity index is 2.01. The molecule has 2 aromatic rings. The summed E-state index contributed by atoms with van der Waals surface area (Å²) in [5, 5.41) is 6.50. The molecule has 8 heteroatoms. The van der Waals surface area contributed by atoms with Gasteiger partial charge in [-0.2, -0.15) is 13.2 Å². The van der Waals surface area contributed by atoms with Crippen LogP contribution >= 0.6 is 35.4 Å². The van der Waals surface area contributed by atoms with Gasteiger partial charge in [0, 0.05) is 12.2 Å². The summed E-state index contributed by atoms with van der Waals surface area (Å²) >= 11 is 16.8. The van der Waals surface area contributed by atoms with Crippen molar-refractivity contribution in [3.63, 3.8) is 0 Å². The molecule has 122 valence electrons. The van der Waals surface area contributed by atoms with Crippen LogP contribution in [0.3, 0.4) is 0 Å². The number of hydrogen-bond donors (Lipinski definition) is 2. The van der Waals surface area contributed by atoms with Crippen LogP contribution in [0.4, 0.5) is 18.9 Å². The number of benzene rings is 2. The smallest absolute Gasteiger partial charge is 0.358 e. The molecule has 0 saturated carbocycles. The molecule has 0 aliphatic carbocycles. The first-order valence-electron chi connectivity index (χ1n) is 6.42. The van der Waals surface area contributed by atoms with Crippen LogP contribution < -0.4 is 10.6 Å². The van der Waals surface area contributed by atoms with Crippen LogP contribution in [-0.4, -0.2) is 5.11 Å². The number of anilines is 1. The summed E-state index contributed by atoms with van der Waals surface area (Å²) in [7, 11) is 0. The average Bonchev–Trinajstić information content (AvgIpc) is 2.48. The van der Waals surface area contributed by atoms with E-state index in [1.54, 1.807) is 24.3 Å². The molecule has 0 fully saturated rings. The molecular weight excluding hydrogens is 368 g/mol. The monoisotopic (exact) mass is 378 g/mol. The molecule has 0 aliphatic heterocycles. The van der Waals surface area contributed by atoms with Crippen LogP contribution in [-0.2, 0) is 12.7 Å². The van der Waals surface area contributed by atoms with Gasteiger partial charge in [0.15, 0.2) is 5.11 Å². The van der Waals surface area contributed by atoms with E-state index in [2.05, 4.69) is 10.6 Å². The lowest BCUT2D eigenvalue weighted by molar-refractivity contribution is -0.138. The summed E-state index contributed by atoms with van der Waals surface area (Å²) in [6.07, 6.45) is -4.41. The van der Waals surface area contributed by atoms with Gasteiger partial charge >= 0.3 is 6.18 Å². The van der Waals surface area contributed by atoms with Gasteiger partial charge in [-0.25, -0.2) is 0 Å². The van der Waals surface area contributed by atoms with Crippen molar-refractivity contribution >= 4 is 46.2 Å². The Bertz CT molecular complexity index is 720. The number of hydrogen-bond acceptors (Lipinski definition) is 1. The Morgan fingerprint density at radius 2 is 1.74 bits per heavy atom. The Morgan fingerprint density at radius 3 is 2.39 bits per heavy atom. The van der Waals surface area contributed by atoms with Crippen molar-refractivity contribution in [2.45, 2.75) is 12.7 Å². The highest BCUT2D eigenvalue weighted by Gasteiger charge is 2.32. The van der Waals surface area contributed by atoms with E-state index in [-0.39, 0.29) is 17.2 Å². The van der Waals surface area contributed by atoms with Crippen molar-refractivity contribution in [2.24, 2.45) is 0 Å². The fourth-order valence-corrected chi connectivity index (χ4v) is 2.36. The largest absolute Gasteiger partial charge is 0.416 e. The van der Waals surface area contributed by atoms with E-state index in [9.17, 15) is 13.2 Å². The maximum absolute atomic E-state index is 12.9. The van der Waals surface area contributed by atoms with Crippen LogP contribution in [0, 0.1) is 0 Å². The summed E-state index contributed by atoms with van der Waals surface area (Å²) in [5.41, 5.74) is 0.00383. The lowest BCUT2D eigenvalue weighted by Gasteiger charge is -2.15. The van der Waals surface area contributed by atoms with Crippen LogP contribution in [0.25, 0.3) is 0 Å². The fourth-order valence-electron chi connectivity index (χ4n) is 1.88. The molecule has 0 amide bonds. The van der Waals surface area contributed by atoms with E-state index >= 15 is 0 Å². The molecule has 0 unspecified atom stereocenters. The van der Waals surface area contributed by atoms with Crippen molar-refractivity contribution in [1.29, 1.82) is 0 Å². The minimum atomic E-state index is -4.41. The first-order chi connectivity index (χ1) is 10.8. The Hall–Kier alpha value is -1.50. The lowest BCUT2D eigenvalue weighted by Crippen LogP contribution is -2.28. The Labute approximate surface area is 146 Å². The van der Waals surface area contributed by atoms with E-state index in [1.165, 1.54) is 12.1 Å². The van der Waals surface area contributed by atoms with E-state index in [0.717, 1.165) is 6.07 Å². The predicted molar refractivity (Wildman–Crippen MR) is 91.0 cm³/mol. The number of alkyl halides is 3. The second-order valence-electron chi connectivity index (χ2n) is 4.59. The zero-order valence-corrected chi connectivity index (χ0v) is 13.9. The van der Waals surface area contributed by atoms with Crippen LogP contribution in [0.1, 0.15) is 11.1 Å². The molecule has 2 aromatic carbocycles. The minimum absolute atomic E-state index is 0.0527. The molecule has 2 nitrogen and oxygen atoms in total. The summed E-state index contributed by atoms with van der Waals surface area (Å²) in [5.74, 6) is 0. The molecule has 2 N–H and O–H groups in total. The SMILES string of the molecule is FC(F)(F)c1ccccc1CNC(=S)Nc1ccc(Cl)c(Cl)c1. The quantitative estimate of drug-likeness (QED) is 0.689. The molecule has 0 saturated heterocycles. The molecular formula is C15H11Cl2F3N2S. The zero-order chi connectivity index (χ0) is 17.0. The highest BCUT2D eigenvalue weighted by molar-refractivity contribution is 7.80. The van der Waals surface area contributed by atoms with Gasteiger partial charge in [-0.15, -0.1) is 0 Å². The number of rotatable bonds is 3. The molecule has 0 atom stereocenters. The Morgan fingerprint density at radius 1 is 1.04 bits per heavy atom. The molecule has 0 spiro atoms. The van der Waals surface area contributed by atoms with Gasteiger partial charge in [0.05, 0.1) is 15.6 Å². The Kier molecular flexibility index (Phi) is 5.73. The second kappa shape index (κ2) is 7.38. The maximum Gasteiger partial charge on any atom is 0.416 e. The highest BCUT2D eigenvalue weighted by Crippen LogP contribution is 2.31. The maximum atomic E-state index is 12.9. The third kappa shape index (κ3) is 4.99. The number of nitrogens with one attached hydrogen (secondary N) is 2. The molecule has 0 heterocycles. The van der Waals surface area contributed by atoms with Crippen molar-refractivity contribution in [1.82, 2.24) is 5.32 Å². The number of thiocarbonyl (C=S) groups is 1. The van der Waals surface area contributed by atoms with E-state index in [1.807, 2.05) is 0 Å². The van der Waals surface area contributed by atoms with Crippen LogP contribution in [0.2, 0.25) is 10.0 Å². The van der Waals surface area contributed by atoms with Crippen molar-refractivity contribution < 1.29 is 13.2 Å². The third-order valence-electron chi connectivity index (χ3n) is 2.94. The first-order valence-corrected chi connectivity index (χ1v) is 7.59. The van der Waals surface area contributed by atoms with E-state index in [4.69, 9.17) is 35.4 Å². The standard InChI is InChI=1S/C15H11Cl2F3N2S/c16-12-6-5-10(7-13(12)17)22-14(23)21-8-9-3-1-2-4-11(9)15(18,19)20/h1-7H,8H2,(H2,21,22,23). The number of halogens is 5. The van der Waals surface area contributed by atoms with Crippen molar-refractivity contribution in [3.05, 3.63) is 63.6 Å². The van der Waals surface area contributed by atoms with Gasteiger partial charge in [-0.1, -0.05) is 41.4 Å². The van der Waals surface area contributed by atoms with Crippen LogP contribution in [0.5, 0.6) is 0 Å². The van der Waals surface area contributed by atoms with Crippen molar-refractivity contribution in [2.75, 3.05) is 5.32 Å². The molecule has 23 heavy (non-hydrogen) atoms. The molecule has 0 bridgehead atoms. The molecule has 0 radical (unpaired) electrons. The van der Waals surface area contributed by atoms with Crippen molar-refractivity contribution in [3.8, 4) is 0 Å². The van der Waals surface area contributed by atoms with Crippen LogP contribution in [0.15, 0.2) is 42.5 Å². The normalized spacial score (nSPS) is 11.2. The summed E-state index contributed by atoms with van der Waals surface area (Å²) < 4.78 is 38.7. The lowest BCUT2D eigenvalue weighted by atomic mass is 10.1. The van der Waals surface area contributed by atoms with Gasteiger partial charge < -0.3 is 10.6 Å². The highest BCUT2D eigenvalue weighted by atomic mass is 35.5. The summed E-state index contributed by atoms with van der Waals surface area (Å²) in [6, 6.07) is 10.1. The van der Waals surface area contributed by atoms with Gasteiger partial charge in [0.25, 0.3) is 0 Å². The summed E-state index contributed by atoms with van der Waals surface area (Å²) in [6.45, 7) is -0.0527. The molecule has 0 aliphatic rings. The third-order valence-corrected chi connectivity index (χ3v) is 3.93. The molecule has 0 aromatic heterocycles. The fraction of sp³-hybridized carbons (Fsp3) is 0.133. The first kappa shape index (κ1) is 17.8. The molecule has 2 rings (SSSR count). The van der Waals surface area contributed by atoms with Gasteiger partial charge in [0.1, 0.15) is 0 Å². The average molecular weight is 379 g/mol. The van der Waals surface area contributed by atoms with E-state index < -0.39 is 11.7 Å². The second-order valence-corrected chi connectivity index (χ2v) is 5.81.